The lowest BCUT2D eigenvalue weighted by Gasteiger charge is -2.24. The van der Waals surface area contributed by atoms with Gasteiger partial charge in [-0.15, -0.1) is 0 Å². The van der Waals surface area contributed by atoms with Gasteiger partial charge < -0.3 is 10.1 Å². The number of anilines is 1. The molecule has 0 radical (unpaired) electrons. The van der Waals surface area contributed by atoms with Gasteiger partial charge in [-0.05, 0) is 23.8 Å². The maximum atomic E-state index is 13.0. The number of fused-ring (bicyclic) bond motifs is 1. The minimum absolute atomic E-state index is 0.113. The van der Waals surface area contributed by atoms with Gasteiger partial charge in [-0.3, -0.25) is 4.79 Å². The summed E-state index contributed by atoms with van der Waals surface area (Å²) in [6, 6.07) is 11.3. The van der Waals surface area contributed by atoms with Crippen LogP contribution in [0.5, 0.6) is 0 Å². The maximum Gasteiger partial charge on any atom is 0.418 e. The molecule has 0 bridgehead atoms. The van der Waals surface area contributed by atoms with Crippen LogP contribution >= 0.6 is 0 Å². The Morgan fingerprint density at radius 2 is 1.75 bits per heavy atom. The number of alkyl halides is 3. The van der Waals surface area contributed by atoms with Crippen molar-refractivity contribution in [2.24, 2.45) is 0 Å². The second-order valence-corrected chi connectivity index (χ2v) is 5.29. The van der Waals surface area contributed by atoms with Crippen LogP contribution in [0.15, 0.2) is 48.5 Å². The quantitative estimate of drug-likeness (QED) is 0.856. The summed E-state index contributed by atoms with van der Waals surface area (Å²) < 4.78 is 43.9. The molecule has 7 heteroatoms. The average molecular weight is 335 g/mol. The Hall–Kier alpha value is -2.83. The number of halogens is 3. The first kappa shape index (κ1) is 16.0. The van der Waals surface area contributed by atoms with Crippen LogP contribution in [-0.4, -0.2) is 18.0 Å². The second kappa shape index (κ2) is 5.99. The van der Waals surface area contributed by atoms with Gasteiger partial charge in [0.05, 0.1) is 16.8 Å². The normalized spacial score (nSPS) is 17.0. The smallest absolute Gasteiger partial charge is 0.418 e. The number of hydrogen-bond acceptors (Lipinski definition) is 3. The van der Waals surface area contributed by atoms with E-state index in [9.17, 15) is 22.8 Å². The molecule has 1 atom stereocenters. The van der Waals surface area contributed by atoms with Gasteiger partial charge in [0.25, 0.3) is 5.91 Å². The Morgan fingerprint density at radius 3 is 2.50 bits per heavy atom. The molecule has 0 saturated carbocycles. The number of carbonyl (C=O) groups is 2. The molecule has 1 aliphatic rings. The van der Waals surface area contributed by atoms with Crippen LogP contribution < -0.4 is 5.32 Å². The number of benzene rings is 2. The zero-order valence-electron chi connectivity index (χ0n) is 12.3. The lowest BCUT2D eigenvalue weighted by molar-refractivity contribution is -0.137. The molecule has 0 unspecified atom stereocenters. The van der Waals surface area contributed by atoms with Gasteiger partial charge in [-0.1, -0.05) is 30.3 Å². The molecule has 4 nitrogen and oxygen atoms in total. The number of hydrogen-bond donors (Lipinski definition) is 1. The highest BCUT2D eigenvalue weighted by molar-refractivity contribution is 6.00. The molecule has 3 rings (SSSR count). The standard InChI is InChI=1S/C17H12F3NO3/c18-17(19,20)12-7-3-4-8-13(12)21-15(22)14-9-10-5-1-2-6-11(10)16(23)24-14/h1-8,14H,9H2,(H,21,22)/t14-/m1/s1. The number of ether oxygens (including phenoxy) is 1. The molecule has 124 valence electrons. The van der Waals surface area contributed by atoms with E-state index in [-0.39, 0.29) is 12.1 Å². The van der Waals surface area contributed by atoms with Crippen LogP contribution in [0.4, 0.5) is 18.9 Å². The van der Waals surface area contributed by atoms with Crippen molar-refractivity contribution in [3.63, 3.8) is 0 Å². The summed E-state index contributed by atoms with van der Waals surface area (Å²) in [6.45, 7) is 0. The van der Waals surface area contributed by atoms with E-state index in [0.717, 1.165) is 12.1 Å². The average Bonchev–Trinajstić information content (AvgIpc) is 2.54. The molecule has 0 fully saturated rings. The van der Waals surface area contributed by atoms with Crippen LogP contribution in [0.25, 0.3) is 0 Å². The first-order chi connectivity index (χ1) is 11.4. The largest absolute Gasteiger partial charge is 0.448 e. The summed E-state index contributed by atoms with van der Waals surface area (Å²) in [4.78, 5) is 24.1. The molecule has 2 aromatic carbocycles. The van der Waals surface area contributed by atoms with Gasteiger partial charge in [0.2, 0.25) is 0 Å². The van der Waals surface area contributed by atoms with Crippen LogP contribution in [0.2, 0.25) is 0 Å². The van der Waals surface area contributed by atoms with Crippen molar-refractivity contribution >= 4 is 17.6 Å². The van der Waals surface area contributed by atoms with Crippen LogP contribution in [0.3, 0.4) is 0 Å². The van der Waals surface area contributed by atoms with Crippen molar-refractivity contribution in [3.05, 3.63) is 65.2 Å². The van der Waals surface area contributed by atoms with Crippen molar-refractivity contribution < 1.29 is 27.5 Å². The predicted octanol–water partition coefficient (Wildman–Crippen LogP) is 3.43. The summed E-state index contributed by atoms with van der Waals surface area (Å²) in [5.74, 6) is -1.46. The fraction of sp³-hybridized carbons (Fsp3) is 0.176. The van der Waals surface area contributed by atoms with E-state index in [1.165, 1.54) is 12.1 Å². The first-order valence-electron chi connectivity index (χ1n) is 7.12. The van der Waals surface area contributed by atoms with E-state index in [4.69, 9.17) is 4.74 Å². The highest BCUT2D eigenvalue weighted by atomic mass is 19.4. The van der Waals surface area contributed by atoms with Gasteiger partial charge in [0.15, 0.2) is 6.10 Å². The van der Waals surface area contributed by atoms with E-state index in [0.29, 0.717) is 11.1 Å². The van der Waals surface area contributed by atoms with Gasteiger partial charge >= 0.3 is 12.1 Å². The fourth-order valence-corrected chi connectivity index (χ4v) is 2.53. The Morgan fingerprint density at radius 1 is 1.08 bits per heavy atom. The molecule has 0 aromatic heterocycles. The lowest BCUT2D eigenvalue weighted by Crippen LogP contribution is -2.38. The van der Waals surface area contributed by atoms with E-state index >= 15 is 0 Å². The number of esters is 1. The van der Waals surface area contributed by atoms with Crippen molar-refractivity contribution in [3.8, 4) is 0 Å². The molecule has 2 aromatic rings. The zero-order valence-corrected chi connectivity index (χ0v) is 12.3. The fourth-order valence-electron chi connectivity index (χ4n) is 2.53. The van der Waals surface area contributed by atoms with Gasteiger partial charge in [0.1, 0.15) is 0 Å². The number of carbonyl (C=O) groups excluding carboxylic acids is 2. The van der Waals surface area contributed by atoms with Gasteiger partial charge in [-0.2, -0.15) is 13.2 Å². The van der Waals surface area contributed by atoms with Crippen molar-refractivity contribution in [2.75, 3.05) is 5.32 Å². The topological polar surface area (TPSA) is 55.4 Å². The zero-order chi connectivity index (χ0) is 17.3. The van der Waals surface area contributed by atoms with E-state index in [2.05, 4.69) is 5.32 Å². The Labute approximate surface area is 135 Å². The van der Waals surface area contributed by atoms with Gasteiger partial charge in [-0.25, -0.2) is 4.79 Å². The molecular weight excluding hydrogens is 323 g/mol. The predicted molar refractivity (Wildman–Crippen MR) is 79.4 cm³/mol. The van der Waals surface area contributed by atoms with Crippen molar-refractivity contribution in [1.82, 2.24) is 0 Å². The summed E-state index contributed by atoms with van der Waals surface area (Å²) in [6.07, 6.45) is -5.66. The third-order valence-corrected chi connectivity index (χ3v) is 3.67. The molecule has 1 heterocycles. The molecule has 0 saturated heterocycles. The minimum atomic E-state index is -4.60. The summed E-state index contributed by atoms with van der Waals surface area (Å²) >= 11 is 0. The Kier molecular flexibility index (Phi) is 4.01. The molecule has 1 aliphatic heterocycles. The SMILES string of the molecule is O=C1O[C@@H](C(=O)Nc2ccccc2C(F)(F)F)Cc2ccccc21. The van der Waals surface area contributed by atoms with Crippen LogP contribution in [0.1, 0.15) is 21.5 Å². The number of amides is 1. The highest BCUT2D eigenvalue weighted by Gasteiger charge is 2.35. The third-order valence-electron chi connectivity index (χ3n) is 3.67. The highest BCUT2D eigenvalue weighted by Crippen LogP contribution is 2.34. The maximum absolute atomic E-state index is 13.0. The van der Waals surface area contributed by atoms with Crippen LogP contribution in [0, 0.1) is 0 Å². The second-order valence-electron chi connectivity index (χ2n) is 5.29. The summed E-state index contributed by atoms with van der Waals surface area (Å²) in [7, 11) is 0. The molecule has 0 spiro atoms. The molecule has 24 heavy (non-hydrogen) atoms. The number of nitrogens with one attached hydrogen (secondary N) is 1. The third kappa shape index (κ3) is 3.10. The van der Waals surface area contributed by atoms with Gasteiger partial charge in [0, 0.05) is 6.42 Å². The molecular formula is C17H12F3NO3. The number of cyclic esters (lactones) is 1. The molecule has 0 aliphatic carbocycles. The monoisotopic (exact) mass is 335 g/mol. The minimum Gasteiger partial charge on any atom is -0.448 e. The molecule has 1 N–H and O–H groups in total. The Bertz CT molecular complexity index is 802. The summed E-state index contributed by atoms with van der Waals surface area (Å²) in [5, 5.41) is 2.20. The Balaban J connectivity index is 1.81. The van der Waals surface area contributed by atoms with E-state index < -0.39 is 29.7 Å². The van der Waals surface area contributed by atoms with Crippen molar-refractivity contribution in [1.29, 1.82) is 0 Å². The van der Waals surface area contributed by atoms with E-state index in [1.807, 2.05) is 0 Å². The van der Waals surface area contributed by atoms with Crippen LogP contribution in [-0.2, 0) is 22.1 Å². The number of rotatable bonds is 2. The number of para-hydroxylation sites is 1. The molecule has 1 amide bonds. The first-order valence-corrected chi connectivity index (χ1v) is 7.12. The van der Waals surface area contributed by atoms with Crippen molar-refractivity contribution in [2.45, 2.75) is 18.7 Å². The lowest BCUT2D eigenvalue weighted by atomic mass is 9.98. The summed E-state index contributed by atoms with van der Waals surface area (Å²) in [5.41, 5.74) is -0.346. The van der Waals surface area contributed by atoms with E-state index in [1.54, 1.807) is 24.3 Å².